The molecule has 1 fully saturated rings. The summed E-state index contributed by atoms with van der Waals surface area (Å²) >= 11 is 0. The zero-order valence-corrected chi connectivity index (χ0v) is 17.6. The number of ketones is 1. The van der Waals surface area contributed by atoms with E-state index in [1.807, 2.05) is 37.3 Å². The van der Waals surface area contributed by atoms with Crippen molar-refractivity contribution in [2.45, 2.75) is 25.9 Å². The first kappa shape index (κ1) is 21.2. The van der Waals surface area contributed by atoms with E-state index < -0.39 is 17.7 Å². The van der Waals surface area contributed by atoms with Gasteiger partial charge in [0.2, 0.25) is 0 Å². The van der Waals surface area contributed by atoms with Gasteiger partial charge in [-0.2, -0.15) is 0 Å². The number of benzene rings is 1. The summed E-state index contributed by atoms with van der Waals surface area (Å²) in [6, 6.07) is 13.3. The minimum absolute atomic E-state index is 0.0484. The van der Waals surface area contributed by atoms with Crippen LogP contribution in [-0.2, 0) is 16.1 Å². The van der Waals surface area contributed by atoms with Gasteiger partial charge in [0.25, 0.3) is 11.7 Å². The van der Waals surface area contributed by atoms with Gasteiger partial charge in [0.05, 0.1) is 18.2 Å². The Balaban J connectivity index is 1.79. The van der Waals surface area contributed by atoms with E-state index in [1.165, 1.54) is 17.3 Å². The van der Waals surface area contributed by atoms with Crippen molar-refractivity contribution in [2.24, 2.45) is 0 Å². The number of aliphatic hydroxyl groups excluding tert-OH is 1. The van der Waals surface area contributed by atoms with Crippen LogP contribution >= 0.6 is 0 Å². The van der Waals surface area contributed by atoms with Crippen LogP contribution in [0.25, 0.3) is 5.76 Å². The van der Waals surface area contributed by atoms with Gasteiger partial charge in [-0.1, -0.05) is 25.1 Å². The number of carbonyl (C=O) groups excluding carboxylic acids is 2. The summed E-state index contributed by atoms with van der Waals surface area (Å²) in [5, 5.41) is 11.0. The second-order valence-corrected chi connectivity index (χ2v) is 7.44. The number of hydrogen-bond donors (Lipinski definition) is 1. The van der Waals surface area contributed by atoms with Gasteiger partial charge in [0.15, 0.2) is 0 Å². The monoisotopic (exact) mass is 429 g/mol. The number of carbonyl (C=O) groups is 2. The summed E-state index contributed by atoms with van der Waals surface area (Å²) < 4.78 is 5.66. The molecule has 3 aromatic rings. The topological polar surface area (TPSA) is 92.6 Å². The molecule has 32 heavy (non-hydrogen) atoms. The highest BCUT2D eigenvalue weighted by atomic mass is 16.5. The van der Waals surface area contributed by atoms with Crippen LogP contribution in [0.1, 0.15) is 36.1 Å². The van der Waals surface area contributed by atoms with E-state index in [0.717, 1.165) is 12.0 Å². The number of hydrogen-bond acceptors (Lipinski definition) is 6. The summed E-state index contributed by atoms with van der Waals surface area (Å²) in [5.74, 6) is -0.912. The molecular weight excluding hydrogens is 406 g/mol. The standard InChI is InChI=1S/C25H23N3O4/c1-2-14-32-20-7-5-18(6-8-20)22-21(23(29)19-9-12-26-13-10-19)24(30)25(31)28(22)16-17-4-3-11-27-15-17/h3-13,15,22,29H,2,14,16H2,1H3. The molecule has 1 amide bonds. The number of pyridine rings is 2. The highest BCUT2D eigenvalue weighted by molar-refractivity contribution is 6.46. The van der Waals surface area contributed by atoms with Gasteiger partial charge in [0, 0.05) is 36.9 Å². The predicted molar refractivity (Wildman–Crippen MR) is 119 cm³/mol. The number of ether oxygens (including phenoxy) is 1. The fourth-order valence-electron chi connectivity index (χ4n) is 3.71. The first-order valence-electron chi connectivity index (χ1n) is 10.4. The number of aromatic nitrogens is 2. The van der Waals surface area contributed by atoms with Crippen molar-refractivity contribution in [1.82, 2.24) is 14.9 Å². The normalized spacial score (nSPS) is 17.5. The SMILES string of the molecule is CCCOc1ccc(C2C(=C(O)c3ccncc3)C(=O)C(=O)N2Cc2cccnc2)cc1. The molecule has 1 atom stereocenters. The number of Topliss-reactive ketones (excluding diaryl/α,β-unsaturated/α-hetero) is 1. The van der Waals surface area contributed by atoms with E-state index in [-0.39, 0.29) is 17.9 Å². The maximum Gasteiger partial charge on any atom is 0.295 e. The van der Waals surface area contributed by atoms with E-state index in [9.17, 15) is 14.7 Å². The molecule has 0 aliphatic carbocycles. The number of likely N-dealkylation sites (tertiary alicyclic amines) is 1. The first-order chi connectivity index (χ1) is 15.6. The van der Waals surface area contributed by atoms with Gasteiger partial charge >= 0.3 is 0 Å². The molecule has 1 unspecified atom stereocenters. The summed E-state index contributed by atoms with van der Waals surface area (Å²) in [6.45, 7) is 2.81. The molecule has 1 N–H and O–H groups in total. The van der Waals surface area contributed by atoms with E-state index in [4.69, 9.17) is 4.74 Å². The zero-order valence-electron chi connectivity index (χ0n) is 17.6. The Morgan fingerprint density at radius 1 is 1.03 bits per heavy atom. The lowest BCUT2D eigenvalue weighted by atomic mass is 9.95. The molecule has 2 aromatic heterocycles. The van der Waals surface area contributed by atoms with E-state index >= 15 is 0 Å². The lowest BCUT2D eigenvalue weighted by Crippen LogP contribution is -2.29. The van der Waals surface area contributed by atoms with Crippen molar-refractivity contribution >= 4 is 17.4 Å². The lowest BCUT2D eigenvalue weighted by Gasteiger charge is -2.25. The fraction of sp³-hybridized carbons (Fsp3) is 0.200. The molecule has 0 saturated carbocycles. The number of aliphatic hydroxyl groups is 1. The van der Waals surface area contributed by atoms with Gasteiger partial charge in [0.1, 0.15) is 11.5 Å². The Hall–Kier alpha value is -4.00. The van der Waals surface area contributed by atoms with E-state index in [0.29, 0.717) is 23.5 Å². The number of rotatable bonds is 7. The maximum atomic E-state index is 13.0. The molecule has 1 aromatic carbocycles. The smallest absolute Gasteiger partial charge is 0.295 e. The Morgan fingerprint density at radius 3 is 2.44 bits per heavy atom. The summed E-state index contributed by atoms with van der Waals surface area (Å²) in [6.07, 6.45) is 7.23. The Bertz CT molecular complexity index is 1130. The van der Waals surface area contributed by atoms with Gasteiger partial charge in [-0.15, -0.1) is 0 Å². The minimum Gasteiger partial charge on any atom is -0.507 e. The number of nitrogens with zero attached hydrogens (tertiary/aromatic N) is 3. The summed E-state index contributed by atoms with van der Waals surface area (Å²) in [4.78, 5) is 35.6. The van der Waals surface area contributed by atoms with Crippen molar-refractivity contribution in [3.05, 3.63) is 95.6 Å². The Kier molecular flexibility index (Phi) is 6.26. The molecule has 1 saturated heterocycles. The third kappa shape index (κ3) is 4.23. The first-order valence-corrected chi connectivity index (χ1v) is 10.4. The molecule has 162 valence electrons. The average molecular weight is 429 g/mol. The molecular formula is C25H23N3O4. The van der Waals surface area contributed by atoms with Crippen LogP contribution in [0.3, 0.4) is 0 Å². The largest absolute Gasteiger partial charge is 0.507 e. The third-order valence-electron chi connectivity index (χ3n) is 5.24. The van der Waals surface area contributed by atoms with Crippen molar-refractivity contribution in [1.29, 1.82) is 0 Å². The number of amides is 1. The summed E-state index contributed by atoms with van der Waals surface area (Å²) in [7, 11) is 0. The third-order valence-corrected chi connectivity index (χ3v) is 5.24. The Morgan fingerprint density at radius 2 is 1.78 bits per heavy atom. The molecule has 1 aliphatic rings. The highest BCUT2D eigenvalue weighted by Gasteiger charge is 2.46. The van der Waals surface area contributed by atoms with E-state index in [1.54, 1.807) is 30.6 Å². The molecule has 0 bridgehead atoms. The molecule has 4 rings (SSSR count). The van der Waals surface area contributed by atoms with Crippen molar-refractivity contribution in [3.8, 4) is 5.75 Å². The molecule has 3 heterocycles. The minimum atomic E-state index is -0.747. The van der Waals surface area contributed by atoms with Gasteiger partial charge in [-0.05, 0) is 47.9 Å². The van der Waals surface area contributed by atoms with Gasteiger partial charge < -0.3 is 14.7 Å². The van der Waals surface area contributed by atoms with Crippen LogP contribution in [0.2, 0.25) is 0 Å². The molecule has 7 nitrogen and oxygen atoms in total. The van der Waals surface area contributed by atoms with Crippen LogP contribution in [0, 0.1) is 0 Å². The Labute approximate surface area is 186 Å². The quantitative estimate of drug-likeness (QED) is 0.348. The molecule has 0 spiro atoms. The predicted octanol–water partition coefficient (Wildman–Crippen LogP) is 3.89. The molecule has 1 aliphatic heterocycles. The maximum absolute atomic E-state index is 13.0. The zero-order chi connectivity index (χ0) is 22.5. The average Bonchev–Trinajstić information content (AvgIpc) is 3.08. The fourth-order valence-corrected chi connectivity index (χ4v) is 3.71. The van der Waals surface area contributed by atoms with Crippen molar-refractivity contribution in [3.63, 3.8) is 0 Å². The second-order valence-electron chi connectivity index (χ2n) is 7.44. The summed E-state index contributed by atoms with van der Waals surface area (Å²) in [5.41, 5.74) is 1.96. The van der Waals surface area contributed by atoms with Crippen LogP contribution in [0.15, 0.2) is 78.9 Å². The molecule has 7 heteroatoms. The molecule has 0 radical (unpaired) electrons. The van der Waals surface area contributed by atoms with Crippen molar-refractivity contribution < 1.29 is 19.4 Å². The van der Waals surface area contributed by atoms with Crippen LogP contribution in [0.5, 0.6) is 5.75 Å². The van der Waals surface area contributed by atoms with Crippen LogP contribution in [-0.4, -0.2) is 38.3 Å². The van der Waals surface area contributed by atoms with Crippen molar-refractivity contribution in [2.75, 3.05) is 6.61 Å². The van der Waals surface area contributed by atoms with Crippen LogP contribution in [0.4, 0.5) is 0 Å². The highest BCUT2D eigenvalue weighted by Crippen LogP contribution is 2.40. The second kappa shape index (κ2) is 9.43. The van der Waals surface area contributed by atoms with Crippen LogP contribution < -0.4 is 4.74 Å². The lowest BCUT2D eigenvalue weighted by molar-refractivity contribution is -0.140. The van der Waals surface area contributed by atoms with Gasteiger partial charge in [-0.25, -0.2) is 0 Å². The van der Waals surface area contributed by atoms with Gasteiger partial charge in [-0.3, -0.25) is 19.6 Å². The van der Waals surface area contributed by atoms with E-state index in [2.05, 4.69) is 9.97 Å².